The van der Waals surface area contributed by atoms with E-state index in [1.54, 1.807) is 7.11 Å². The van der Waals surface area contributed by atoms with Crippen molar-refractivity contribution in [2.24, 2.45) is 0 Å². The minimum atomic E-state index is 0.442. The molecule has 0 saturated heterocycles. The van der Waals surface area contributed by atoms with Gasteiger partial charge in [0.15, 0.2) is 0 Å². The van der Waals surface area contributed by atoms with Crippen LogP contribution in [0.15, 0.2) is 48.5 Å². The van der Waals surface area contributed by atoms with Crippen LogP contribution < -0.4 is 10.1 Å². The van der Waals surface area contributed by atoms with Crippen molar-refractivity contribution in [3.63, 3.8) is 0 Å². The lowest BCUT2D eigenvalue weighted by atomic mass is 9.92. The maximum absolute atomic E-state index is 6.10. The molecular formula is C18H22ClNO. The molecule has 2 aromatic rings. The fourth-order valence-corrected chi connectivity index (χ4v) is 2.66. The highest BCUT2D eigenvalue weighted by Crippen LogP contribution is 2.28. The van der Waals surface area contributed by atoms with Gasteiger partial charge in [-0.2, -0.15) is 0 Å². The van der Waals surface area contributed by atoms with E-state index in [2.05, 4.69) is 48.6 Å². The third-order valence-electron chi connectivity index (χ3n) is 3.61. The summed E-state index contributed by atoms with van der Waals surface area (Å²) in [5.41, 5.74) is 2.59. The summed E-state index contributed by atoms with van der Waals surface area (Å²) in [4.78, 5) is 0. The molecule has 21 heavy (non-hydrogen) atoms. The summed E-state index contributed by atoms with van der Waals surface area (Å²) < 4.78 is 5.31. The first kappa shape index (κ1) is 15.9. The van der Waals surface area contributed by atoms with Gasteiger partial charge >= 0.3 is 0 Å². The zero-order chi connectivity index (χ0) is 15.1. The minimum absolute atomic E-state index is 0.442. The van der Waals surface area contributed by atoms with E-state index in [1.165, 1.54) is 11.1 Å². The molecule has 0 aliphatic rings. The zero-order valence-corrected chi connectivity index (χ0v) is 13.4. The summed E-state index contributed by atoms with van der Waals surface area (Å²) in [5.74, 6) is 1.18. The molecule has 0 fully saturated rings. The topological polar surface area (TPSA) is 21.3 Å². The van der Waals surface area contributed by atoms with Crippen molar-refractivity contribution in [1.29, 1.82) is 0 Å². The molecule has 0 bridgehead atoms. The van der Waals surface area contributed by atoms with Crippen LogP contribution in [-0.2, 0) is 6.42 Å². The number of hydrogen-bond donors (Lipinski definition) is 1. The fraction of sp³-hybridized carbons (Fsp3) is 0.333. The predicted molar refractivity (Wildman–Crippen MR) is 89.4 cm³/mol. The van der Waals surface area contributed by atoms with Crippen molar-refractivity contribution in [1.82, 2.24) is 5.32 Å². The van der Waals surface area contributed by atoms with Gasteiger partial charge in [-0.25, -0.2) is 0 Å². The molecule has 0 heterocycles. The Balaban J connectivity index is 2.18. The Kier molecular flexibility index (Phi) is 6.09. The highest BCUT2D eigenvalue weighted by molar-refractivity contribution is 6.32. The molecule has 0 aliphatic heterocycles. The van der Waals surface area contributed by atoms with Crippen LogP contribution >= 0.6 is 11.6 Å². The molecule has 112 valence electrons. The third-order valence-corrected chi connectivity index (χ3v) is 3.92. The molecule has 1 atom stereocenters. The van der Waals surface area contributed by atoms with E-state index in [0.29, 0.717) is 10.9 Å². The summed E-state index contributed by atoms with van der Waals surface area (Å²) in [7, 11) is 1.65. The molecule has 0 aliphatic carbocycles. The molecule has 1 unspecified atom stereocenters. The Morgan fingerprint density at radius 1 is 1.14 bits per heavy atom. The molecule has 1 N–H and O–H groups in total. The average Bonchev–Trinajstić information content (AvgIpc) is 2.53. The van der Waals surface area contributed by atoms with Crippen LogP contribution in [-0.4, -0.2) is 20.2 Å². The van der Waals surface area contributed by atoms with E-state index in [4.69, 9.17) is 16.3 Å². The maximum atomic E-state index is 6.10. The second kappa shape index (κ2) is 8.06. The van der Waals surface area contributed by atoms with Gasteiger partial charge in [0, 0.05) is 12.5 Å². The Labute approximate surface area is 132 Å². The lowest BCUT2D eigenvalue weighted by molar-refractivity contribution is 0.414. The number of methoxy groups -OCH3 is 1. The Bertz CT molecular complexity index is 556. The predicted octanol–water partition coefficient (Wildman–Crippen LogP) is 4.28. The van der Waals surface area contributed by atoms with Gasteiger partial charge in [0.2, 0.25) is 0 Å². The van der Waals surface area contributed by atoms with E-state index < -0.39 is 0 Å². The Morgan fingerprint density at radius 3 is 2.57 bits per heavy atom. The van der Waals surface area contributed by atoms with Gasteiger partial charge in [0.25, 0.3) is 0 Å². The number of benzene rings is 2. The summed E-state index contributed by atoms with van der Waals surface area (Å²) in [5, 5.41) is 4.11. The molecular weight excluding hydrogens is 282 g/mol. The Hall–Kier alpha value is -1.51. The van der Waals surface area contributed by atoms with Crippen molar-refractivity contribution in [2.45, 2.75) is 19.3 Å². The van der Waals surface area contributed by atoms with Gasteiger partial charge in [0.1, 0.15) is 5.75 Å². The van der Waals surface area contributed by atoms with Crippen LogP contribution in [0.2, 0.25) is 5.02 Å². The van der Waals surface area contributed by atoms with E-state index >= 15 is 0 Å². The quantitative estimate of drug-likeness (QED) is 0.824. The summed E-state index contributed by atoms with van der Waals surface area (Å²) in [6, 6.07) is 16.6. The summed E-state index contributed by atoms with van der Waals surface area (Å²) >= 11 is 6.10. The highest BCUT2D eigenvalue weighted by atomic mass is 35.5. The van der Waals surface area contributed by atoms with Crippen molar-refractivity contribution < 1.29 is 4.74 Å². The lowest BCUT2D eigenvalue weighted by Crippen LogP contribution is -2.22. The van der Waals surface area contributed by atoms with E-state index in [0.717, 1.165) is 25.3 Å². The van der Waals surface area contributed by atoms with Crippen molar-refractivity contribution >= 4 is 11.6 Å². The fourth-order valence-electron chi connectivity index (χ4n) is 2.47. The standard InChI is InChI=1S/C18H22ClNO/c1-3-20-13-16(15-7-5-4-6-8-15)11-14-9-10-17(19)18(12-14)21-2/h4-10,12,16,20H,3,11,13H2,1-2H3. The molecule has 2 nitrogen and oxygen atoms in total. The molecule has 2 rings (SSSR count). The summed E-state index contributed by atoms with van der Waals surface area (Å²) in [6.45, 7) is 4.08. The normalized spacial score (nSPS) is 12.1. The number of nitrogens with one attached hydrogen (secondary N) is 1. The molecule has 2 aromatic carbocycles. The Morgan fingerprint density at radius 2 is 1.90 bits per heavy atom. The molecule has 3 heteroatoms. The first-order valence-corrected chi connectivity index (χ1v) is 7.70. The van der Waals surface area contributed by atoms with Gasteiger partial charge < -0.3 is 10.1 Å². The van der Waals surface area contributed by atoms with Crippen LogP contribution in [0.3, 0.4) is 0 Å². The van der Waals surface area contributed by atoms with Gasteiger partial charge in [-0.1, -0.05) is 54.9 Å². The number of hydrogen-bond acceptors (Lipinski definition) is 2. The number of likely N-dealkylation sites (N-methyl/N-ethyl adjacent to an activating group) is 1. The molecule has 0 radical (unpaired) electrons. The van der Waals surface area contributed by atoms with Gasteiger partial charge in [-0.05, 0) is 36.2 Å². The number of rotatable bonds is 7. The van der Waals surface area contributed by atoms with Crippen LogP contribution in [0, 0.1) is 0 Å². The third kappa shape index (κ3) is 4.48. The lowest BCUT2D eigenvalue weighted by Gasteiger charge is -2.18. The van der Waals surface area contributed by atoms with E-state index in [1.807, 2.05) is 12.1 Å². The van der Waals surface area contributed by atoms with E-state index in [9.17, 15) is 0 Å². The number of halogens is 1. The van der Waals surface area contributed by atoms with Crippen molar-refractivity contribution in [3.05, 3.63) is 64.7 Å². The van der Waals surface area contributed by atoms with Gasteiger partial charge in [-0.15, -0.1) is 0 Å². The van der Waals surface area contributed by atoms with Crippen LogP contribution in [0.25, 0.3) is 0 Å². The first-order valence-electron chi connectivity index (χ1n) is 7.32. The summed E-state index contributed by atoms with van der Waals surface area (Å²) in [6.07, 6.45) is 0.963. The molecule has 0 spiro atoms. The van der Waals surface area contributed by atoms with Gasteiger partial charge in [-0.3, -0.25) is 0 Å². The monoisotopic (exact) mass is 303 g/mol. The second-order valence-corrected chi connectivity index (χ2v) is 5.50. The van der Waals surface area contributed by atoms with Crippen molar-refractivity contribution in [2.75, 3.05) is 20.2 Å². The SMILES string of the molecule is CCNCC(Cc1ccc(Cl)c(OC)c1)c1ccccc1. The highest BCUT2D eigenvalue weighted by Gasteiger charge is 2.13. The minimum Gasteiger partial charge on any atom is -0.495 e. The van der Waals surface area contributed by atoms with Crippen LogP contribution in [0.1, 0.15) is 24.0 Å². The number of ether oxygens (including phenoxy) is 1. The molecule has 0 aromatic heterocycles. The second-order valence-electron chi connectivity index (χ2n) is 5.09. The van der Waals surface area contributed by atoms with Crippen molar-refractivity contribution in [3.8, 4) is 5.75 Å². The average molecular weight is 304 g/mol. The van der Waals surface area contributed by atoms with E-state index in [-0.39, 0.29) is 0 Å². The molecule has 0 saturated carbocycles. The maximum Gasteiger partial charge on any atom is 0.137 e. The van der Waals surface area contributed by atoms with Crippen LogP contribution in [0.5, 0.6) is 5.75 Å². The zero-order valence-electron chi connectivity index (χ0n) is 12.6. The van der Waals surface area contributed by atoms with Crippen LogP contribution in [0.4, 0.5) is 0 Å². The van der Waals surface area contributed by atoms with Gasteiger partial charge in [0.05, 0.1) is 12.1 Å². The smallest absolute Gasteiger partial charge is 0.137 e. The first-order chi connectivity index (χ1) is 10.2. The largest absolute Gasteiger partial charge is 0.495 e. The molecule has 0 amide bonds.